The van der Waals surface area contributed by atoms with E-state index >= 15 is 0 Å². The number of hydrogen-bond donors (Lipinski definition) is 0. The Labute approximate surface area is 128 Å². The molecule has 3 nitrogen and oxygen atoms in total. The highest BCUT2D eigenvalue weighted by Gasteiger charge is 2.14. The van der Waals surface area contributed by atoms with Crippen LogP contribution < -0.4 is 0 Å². The summed E-state index contributed by atoms with van der Waals surface area (Å²) in [7, 11) is 0. The predicted octanol–water partition coefficient (Wildman–Crippen LogP) is 4.39. The van der Waals surface area contributed by atoms with Gasteiger partial charge < -0.3 is 4.57 Å². The Morgan fingerprint density at radius 2 is 1.95 bits per heavy atom. The predicted molar refractivity (Wildman–Crippen MR) is 81.8 cm³/mol. The monoisotopic (exact) mass is 310 g/mol. The van der Waals surface area contributed by atoms with E-state index in [0.29, 0.717) is 28.7 Å². The van der Waals surface area contributed by atoms with Gasteiger partial charge in [0.1, 0.15) is 16.7 Å². The van der Waals surface area contributed by atoms with Gasteiger partial charge in [-0.1, -0.05) is 48.7 Å². The molecule has 1 aromatic carbocycles. The molecule has 0 fully saturated rings. The van der Waals surface area contributed by atoms with Gasteiger partial charge in [0.05, 0.1) is 6.54 Å². The lowest BCUT2D eigenvalue weighted by molar-refractivity contribution is 0.111. The van der Waals surface area contributed by atoms with E-state index in [9.17, 15) is 4.79 Å². The van der Waals surface area contributed by atoms with E-state index in [4.69, 9.17) is 23.2 Å². The van der Waals surface area contributed by atoms with Crippen LogP contribution in [0.5, 0.6) is 0 Å². The molecule has 2 aromatic rings. The van der Waals surface area contributed by atoms with Crippen molar-refractivity contribution in [3.05, 3.63) is 51.5 Å². The fourth-order valence-electron chi connectivity index (χ4n) is 2.03. The van der Waals surface area contributed by atoms with Crippen LogP contribution in [-0.4, -0.2) is 15.8 Å². The molecule has 5 heteroatoms. The van der Waals surface area contributed by atoms with Crippen LogP contribution in [0.25, 0.3) is 0 Å². The van der Waals surface area contributed by atoms with E-state index < -0.39 is 0 Å². The van der Waals surface area contributed by atoms with Crippen molar-refractivity contribution in [2.75, 3.05) is 0 Å². The summed E-state index contributed by atoms with van der Waals surface area (Å²) in [5.41, 5.74) is 1.38. The number of imidazole rings is 1. The smallest absolute Gasteiger partial charge is 0.171 e. The lowest BCUT2D eigenvalue weighted by Crippen LogP contribution is -2.05. The second-order valence-electron chi connectivity index (χ2n) is 4.64. The fraction of sp³-hybridized carbons (Fsp3) is 0.333. The molecule has 0 unspecified atom stereocenters. The highest BCUT2D eigenvalue weighted by Crippen LogP contribution is 2.21. The maximum Gasteiger partial charge on any atom is 0.171 e. The maximum atomic E-state index is 11.0. The quantitative estimate of drug-likeness (QED) is 0.741. The Kier molecular flexibility index (Phi) is 5.21. The van der Waals surface area contributed by atoms with Crippen molar-refractivity contribution < 1.29 is 4.79 Å². The van der Waals surface area contributed by atoms with Crippen LogP contribution in [-0.2, 0) is 13.0 Å². The van der Waals surface area contributed by atoms with E-state index in [-0.39, 0.29) is 0 Å². The first-order valence-corrected chi connectivity index (χ1v) is 7.35. The van der Waals surface area contributed by atoms with Crippen LogP contribution in [0.3, 0.4) is 0 Å². The van der Waals surface area contributed by atoms with Gasteiger partial charge in [-0.2, -0.15) is 0 Å². The van der Waals surface area contributed by atoms with Crippen molar-refractivity contribution in [2.45, 2.75) is 32.7 Å². The maximum absolute atomic E-state index is 11.0. The van der Waals surface area contributed by atoms with Crippen molar-refractivity contribution in [3.63, 3.8) is 0 Å². The highest BCUT2D eigenvalue weighted by molar-refractivity contribution is 6.31. The number of carbonyl (C=O) groups is 1. The molecule has 1 aromatic heterocycles. The molecule has 0 aliphatic carbocycles. The van der Waals surface area contributed by atoms with Gasteiger partial charge in [0.2, 0.25) is 0 Å². The molecule has 0 radical (unpaired) electrons. The molecule has 0 amide bonds. The van der Waals surface area contributed by atoms with Gasteiger partial charge in [0, 0.05) is 11.4 Å². The van der Waals surface area contributed by atoms with Gasteiger partial charge in [0.15, 0.2) is 6.29 Å². The molecule has 2 rings (SSSR count). The van der Waals surface area contributed by atoms with Gasteiger partial charge in [-0.3, -0.25) is 4.79 Å². The van der Waals surface area contributed by atoms with Crippen LogP contribution in [0.2, 0.25) is 10.2 Å². The molecule has 0 aliphatic rings. The van der Waals surface area contributed by atoms with E-state index in [1.54, 1.807) is 0 Å². The van der Waals surface area contributed by atoms with Crippen molar-refractivity contribution in [2.24, 2.45) is 0 Å². The fourth-order valence-corrected chi connectivity index (χ4v) is 2.40. The molecule has 0 N–H and O–H groups in total. The first kappa shape index (κ1) is 15.1. The summed E-state index contributed by atoms with van der Waals surface area (Å²) >= 11 is 12.1. The Balaban J connectivity index is 2.30. The normalized spacial score (nSPS) is 10.8. The first-order valence-electron chi connectivity index (χ1n) is 6.60. The summed E-state index contributed by atoms with van der Waals surface area (Å²) < 4.78 is 1.89. The number of rotatable bonds is 6. The minimum absolute atomic E-state index is 0.312. The molecule has 0 aliphatic heterocycles. The second-order valence-corrected chi connectivity index (χ2v) is 5.43. The van der Waals surface area contributed by atoms with Crippen molar-refractivity contribution in [1.29, 1.82) is 0 Å². The number of aldehydes is 1. The summed E-state index contributed by atoms with van der Waals surface area (Å²) in [5.74, 6) is 0.855. The zero-order chi connectivity index (χ0) is 14.5. The largest absolute Gasteiger partial charge is 0.314 e. The molecule has 106 valence electrons. The van der Waals surface area contributed by atoms with Crippen molar-refractivity contribution in [3.8, 4) is 0 Å². The third-order valence-electron chi connectivity index (χ3n) is 3.13. The molecule has 0 bridgehead atoms. The minimum Gasteiger partial charge on any atom is -0.314 e. The number of nitrogens with zero attached hydrogens (tertiary/aromatic N) is 2. The molecular formula is C15H16Cl2N2O. The van der Waals surface area contributed by atoms with Gasteiger partial charge in [-0.15, -0.1) is 0 Å². The number of unbranched alkanes of at least 4 members (excludes halogenated alkanes) is 1. The van der Waals surface area contributed by atoms with Gasteiger partial charge in [0.25, 0.3) is 0 Å². The average Bonchev–Trinajstić information content (AvgIpc) is 2.75. The topological polar surface area (TPSA) is 34.9 Å². The lowest BCUT2D eigenvalue weighted by atomic mass is 10.2. The summed E-state index contributed by atoms with van der Waals surface area (Å²) in [6.45, 7) is 2.71. The molecular weight excluding hydrogens is 295 g/mol. The average molecular weight is 311 g/mol. The Morgan fingerprint density at radius 3 is 2.55 bits per heavy atom. The van der Waals surface area contributed by atoms with Gasteiger partial charge >= 0.3 is 0 Å². The minimum atomic E-state index is 0.312. The zero-order valence-corrected chi connectivity index (χ0v) is 12.8. The third kappa shape index (κ3) is 3.41. The number of carbonyl (C=O) groups excluding carboxylic acids is 1. The molecule has 0 saturated carbocycles. The van der Waals surface area contributed by atoms with Crippen LogP contribution in [0.1, 0.15) is 41.6 Å². The van der Waals surface area contributed by atoms with Crippen LogP contribution >= 0.6 is 23.2 Å². The SMILES string of the molecule is CCCCc1nc(C=O)c(Cl)n1Cc1ccc(Cl)cc1. The molecule has 20 heavy (non-hydrogen) atoms. The highest BCUT2D eigenvalue weighted by atomic mass is 35.5. The number of hydrogen-bond acceptors (Lipinski definition) is 2. The molecule has 0 atom stereocenters. The van der Waals surface area contributed by atoms with E-state index in [2.05, 4.69) is 11.9 Å². The first-order chi connectivity index (χ1) is 9.65. The van der Waals surface area contributed by atoms with E-state index in [0.717, 1.165) is 30.7 Å². The van der Waals surface area contributed by atoms with Gasteiger partial charge in [-0.05, 0) is 24.1 Å². The van der Waals surface area contributed by atoms with Crippen LogP contribution in [0, 0.1) is 0 Å². The number of benzene rings is 1. The summed E-state index contributed by atoms with van der Waals surface area (Å²) in [5, 5.41) is 1.10. The Hall–Kier alpha value is -1.32. The van der Waals surface area contributed by atoms with Gasteiger partial charge in [-0.25, -0.2) is 4.98 Å². The number of halogens is 2. The zero-order valence-electron chi connectivity index (χ0n) is 11.3. The third-order valence-corrected chi connectivity index (χ3v) is 3.78. The van der Waals surface area contributed by atoms with E-state index in [1.807, 2.05) is 28.8 Å². The van der Waals surface area contributed by atoms with Crippen LogP contribution in [0.4, 0.5) is 0 Å². The number of aromatic nitrogens is 2. The standard InChI is InChI=1S/C15H16Cl2N2O/c1-2-3-4-14-18-13(10-20)15(17)19(14)9-11-5-7-12(16)8-6-11/h5-8,10H,2-4,9H2,1H3. The Morgan fingerprint density at radius 1 is 1.25 bits per heavy atom. The second kappa shape index (κ2) is 6.91. The van der Waals surface area contributed by atoms with E-state index in [1.165, 1.54) is 0 Å². The molecule has 0 spiro atoms. The lowest BCUT2D eigenvalue weighted by Gasteiger charge is -2.09. The summed E-state index contributed by atoms with van der Waals surface area (Å²) in [6, 6.07) is 7.58. The number of aryl methyl sites for hydroxylation is 1. The molecule has 0 saturated heterocycles. The van der Waals surface area contributed by atoms with Crippen molar-refractivity contribution in [1.82, 2.24) is 9.55 Å². The van der Waals surface area contributed by atoms with Crippen LogP contribution in [0.15, 0.2) is 24.3 Å². The summed E-state index contributed by atoms with van der Waals surface area (Å²) in [4.78, 5) is 15.3. The van der Waals surface area contributed by atoms with Crippen molar-refractivity contribution >= 4 is 29.5 Å². The Bertz CT molecular complexity index is 591. The summed E-state index contributed by atoms with van der Waals surface area (Å²) in [6.07, 6.45) is 3.61. The molecule has 1 heterocycles.